The first-order valence-electron chi connectivity index (χ1n) is 5.09. The lowest BCUT2D eigenvalue weighted by Gasteiger charge is -2.25. The standard InChI is InChI=1S/C12H17NO3/c1-9(13(2)12(15)8-16-3)10-4-6-11(14)7-5-10/h4-7,9,14H,8H2,1-3H3. The molecule has 0 fully saturated rings. The van der Waals surface area contributed by atoms with Crippen LogP contribution in [0.5, 0.6) is 5.75 Å². The molecule has 4 nitrogen and oxygen atoms in total. The largest absolute Gasteiger partial charge is 0.508 e. The van der Waals surface area contributed by atoms with Crippen LogP contribution in [0.3, 0.4) is 0 Å². The highest BCUT2D eigenvalue weighted by Crippen LogP contribution is 2.20. The van der Waals surface area contributed by atoms with Crippen molar-refractivity contribution in [1.82, 2.24) is 4.90 Å². The number of hydrogen-bond donors (Lipinski definition) is 1. The van der Waals surface area contributed by atoms with Crippen LogP contribution in [-0.2, 0) is 9.53 Å². The van der Waals surface area contributed by atoms with E-state index >= 15 is 0 Å². The number of rotatable bonds is 4. The Kier molecular flexibility index (Phi) is 4.31. The fraction of sp³-hybridized carbons (Fsp3) is 0.417. The number of phenols is 1. The lowest BCUT2D eigenvalue weighted by atomic mass is 10.1. The molecule has 4 heteroatoms. The van der Waals surface area contributed by atoms with Gasteiger partial charge >= 0.3 is 0 Å². The third-order valence-electron chi connectivity index (χ3n) is 2.62. The molecule has 88 valence electrons. The maximum atomic E-state index is 11.6. The average Bonchev–Trinajstić information content (AvgIpc) is 2.28. The van der Waals surface area contributed by atoms with Crippen molar-refractivity contribution in [3.8, 4) is 5.75 Å². The Hall–Kier alpha value is -1.55. The smallest absolute Gasteiger partial charge is 0.248 e. The molecule has 1 unspecified atom stereocenters. The van der Waals surface area contributed by atoms with Crippen LogP contribution in [0.4, 0.5) is 0 Å². The van der Waals surface area contributed by atoms with Gasteiger partial charge in [0.15, 0.2) is 0 Å². The molecular formula is C12H17NO3. The third kappa shape index (κ3) is 2.97. The molecule has 0 aliphatic heterocycles. The SMILES string of the molecule is COCC(=O)N(C)C(C)c1ccc(O)cc1. The van der Waals surface area contributed by atoms with Crippen molar-refractivity contribution in [2.75, 3.05) is 20.8 Å². The van der Waals surface area contributed by atoms with Crippen molar-refractivity contribution >= 4 is 5.91 Å². The van der Waals surface area contributed by atoms with Crippen molar-refractivity contribution in [3.05, 3.63) is 29.8 Å². The monoisotopic (exact) mass is 223 g/mol. The highest BCUT2D eigenvalue weighted by molar-refractivity contribution is 5.77. The molecule has 0 aromatic heterocycles. The number of methoxy groups -OCH3 is 1. The first kappa shape index (κ1) is 12.5. The Labute approximate surface area is 95.5 Å². The second kappa shape index (κ2) is 5.51. The summed E-state index contributed by atoms with van der Waals surface area (Å²) >= 11 is 0. The van der Waals surface area contributed by atoms with E-state index in [1.807, 2.05) is 6.92 Å². The quantitative estimate of drug-likeness (QED) is 0.842. The summed E-state index contributed by atoms with van der Waals surface area (Å²) < 4.78 is 4.80. The van der Waals surface area contributed by atoms with Gasteiger partial charge in [-0.05, 0) is 24.6 Å². The van der Waals surface area contributed by atoms with Crippen LogP contribution < -0.4 is 0 Å². The zero-order valence-electron chi connectivity index (χ0n) is 9.80. The summed E-state index contributed by atoms with van der Waals surface area (Å²) in [6.07, 6.45) is 0. The lowest BCUT2D eigenvalue weighted by molar-refractivity contribution is -0.135. The number of aromatic hydroxyl groups is 1. The Morgan fingerprint density at radius 3 is 2.50 bits per heavy atom. The zero-order valence-corrected chi connectivity index (χ0v) is 9.80. The van der Waals surface area contributed by atoms with E-state index in [2.05, 4.69) is 0 Å². The van der Waals surface area contributed by atoms with Crippen molar-refractivity contribution in [2.24, 2.45) is 0 Å². The molecule has 0 aliphatic carbocycles. The number of carbonyl (C=O) groups is 1. The second-order valence-electron chi connectivity index (χ2n) is 3.71. The van der Waals surface area contributed by atoms with E-state index in [0.29, 0.717) is 0 Å². The first-order chi connectivity index (χ1) is 7.56. The minimum absolute atomic E-state index is 0.0387. The first-order valence-corrected chi connectivity index (χ1v) is 5.09. The fourth-order valence-corrected chi connectivity index (χ4v) is 1.42. The number of carbonyl (C=O) groups excluding carboxylic acids is 1. The average molecular weight is 223 g/mol. The molecule has 0 radical (unpaired) electrons. The van der Waals surface area contributed by atoms with Crippen molar-refractivity contribution < 1.29 is 14.6 Å². The molecule has 0 aliphatic rings. The van der Waals surface area contributed by atoms with Crippen molar-refractivity contribution in [2.45, 2.75) is 13.0 Å². The molecule has 1 rings (SSSR count). The van der Waals surface area contributed by atoms with Gasteiger partial charge in [0, 0.05) is 14.2 Å². The highest BCUT2D eigenvalue weighted by Gasteiger charge is 2.16. The minimum Gasteiger partial charge on any atom is -0.508 e. The summed E-state index contributed by atoms with van der Waals surface area (Å²) in [6.45, 7) is 2.01. The normalized spacial score (nSPS) is 12.2. The number of ether oxygens (including phenoxy) is 1. The Bertz CT molecular complexity index is 348. The van der Waals surface area contributed by atoms with E-state index in [0.717, 1.165) is 5.56 Å². The Morgan fingerprint density at radius 1 is 1.44 bits per heavy atom. The predicted molar refractivity (Wildman–Crippen MR) is 61.2 cm³/mol. The van der Waals surface area contributed by atoms with Crippen LogP contribution in [0.1, 0.15) is 18.5 Å². The van der Waals surface area contributed by atoms with Crippen molar-refractivity contribution in [1.29, 1.82) is 0 Å². The number of likely N-dealkylation sites (N-methyl/N-ethyl adjacent to an activating group) is 1. The van der Waals surface area contributed by atoms with Gasteiger partial charge in [-0.1, -0.05) is 12.1 Å². The van der Waals surface area contributed by atoms with Crippen LogP contribution in [0.25, 0.3) is 0 Å². The van der Waals surface area contributed by atoms with Gasteiger partial charge in [-0.15, -0.1) is 0 Å². The van der Waals surface area contributed by atoms with E-state index in [1.165, 1.54) is 7.11 Å². The number of nitrogens with zero attached hydrogens (tertiary/aromatic N) is 1. The maximum absolute atomic E-state index is 11.6. The molecule has 0 saturated heterocycles. The lowest BCUT2D eigenvalue weighted by Crippen LogP contribution is -2.32. The van der Waals surface area contributed by atoms with Crippen LogP contribution in [0.2, 0.25) is 0 Å². The summed E-state index contributed by atoms with van der Waals surface area (Å²) in [5.74, 6) is 0.157. The summed E-state index contributed by atoms with van der Waals surface area (Å²) in [5, 5.41) is 9.17. The molecule has 1 N–H and O–H groups in total. The van der Waals surface area contributed by atoms with Crippen molar-refractivity contribution in [3.63, 3.8) is 0 Å². The van der Waals surface area contributed by atoms with Gasteiger partial charge in [-0.25, -0.2) is 0 Å². The van der Waals surface area contributed by atoms with Gasteiger partial charge in [-0.3, -0.25) is 4.79 Å². The molecule has 0 bridgehead atoms. The van der Waals surface area contributed by atoms with E-state index in [1.54, 1.807) is 36.2 Å². The summed E-state index contributed by atoms with van der Waals surface area (Å²) in [4.78, 5) is 13.2. The number of amides is 1. The Balaban J connectivity index is 2.73. The van der Waals surface area contributed by atoms with Crippen LogP contribution >= 0.6 is 0 Å². The topological polar surface area (TPSA) is 49.8 Å². The molecule has 1 atom stereocenters. The van der Waals surface area contributed by atoms with E-state index in [4.69, 9.17) is 9.84 Å². The zero-order chi connectivity index (χ0) is 12.1. The number of phenolic OH excluding ortho intramolecular Hbond substituents is 1. The number of hydrogen-bond acceptors (Lipinski definition) is 3. The van der Waals surface area contributed by atoms with E-state index in [9.17, 15) is 4.79 Å². The molecule has 0 heterocycles. The van der Waals surface area contributed by atoms with E-state index < -0.39 is 0 Å². The highest BCUT2D eigenvalue weighted by atomic mass is 16.5. The molecule has 1 aromatic carbocycles. The van der Waals surface area contributed by atoms with Gasteiger partial charge in [0.05, 0.1) is 6.04 Å². The molecule has 0 spiro atoms. The van der Waals surface area contributed by atoms with Gasteiger partial charge < -0.3 is 14.7 Å². The van der Waals surface area contributed by atoms with Gasteiger partial charge in [-0.2, -0.15) is 0 Å². The molecule has 1 aromatic rings. The Morgan fingerprint density at radius 2 is 2.00 bits per heavy atom. The maximum Gasteiger partial charge on any atom is 0.248 e. The summed E-state index contributed by atoms with van der Waals surface area (Å²) in [6, 6.07) is 6.79. The molecule has 1 amide bonds. The fourth-order valence-electron chi connectivity index (χ4n) is 1.42. The second-order valence-corrected chi connectivity index (χ2v) is 3.71. The van der Waals surface area contributed by atoms with Crippen LogP contribution in [0.15, 0.2) is 24.3 Å². The van der Waals surface area contributed by atoms with Gasteiger partial charge in [0.1, 0.15) is 12.4 Å². The minimum atomic E-state index is -0.0666. The number of benzene rings is 1. The predicted octanol–water partition coefficient (Wildman–Crippen LogP) is 1.56. The van der Waals surface area contributed by atoms with E-state index in [-0.39, 0.29) is 24.3 Å². The van der Waals surface area contributed by atoms with Gasteiger partial charge in [0.25, 0.3) is 0 Å². The van der Waals surface area contributed by atoms with Gasteiger partial charge in [0.2, 0.25) is 5.91 Å². The van der Waals surface area contributed by atoms with Crippen LogP contribution in [-0.4, -0.2) is 36.7 Å². The van der Waals surface area contributed by atoms with Crippen LogP contribution in [0, 0.1) is 0 Å². The summed E-state index contributed by atoms with van der Waals surface area (Å²) in [7, 11) is 3.23. The molecule has 16 heavy (non-hydrogen) atoms. The molecular weight excluding hydrogens is 206 g/mol. The summed E-state index contributed by atoms with van der Waals surface area (Å²) in [5.41, 5.74) is 0.977. The third-order valence-corrected chi connectivity index (χ3v) is 2.62. The molecule has 0 saturated carbocycles.